The highest BCUT2D eigenvalue weighted by molar-refractivity contribution is 7.93. The van der Waals surface area contributed by atoms with Crippen LogP contribution in [-0.2, 0) is 10.0 Å². The van der Waals surface area contributed by atoms with Crippen molar-refractivity contribution in [3.05, 3.63) is 70.6 Å². The van der Waals surface area contributed by atoms with Crippen LogP contribution in [0.1, 0.15) is 0 Å². The predicted molar refractivity (Wildman–Crippen MR) is 110 cm³/mol. The van der Waals surface area contributed by atoms with Gasteiger partial charge in [-0.15, -0.1) is 11.3 Å². The van der Waals surface area contributed by atoms with E-state index in [0.717, 1.165) is 27.8 Å². The van der Waals surface area contributed by atoms with Gasteiger partial charge in [0.1, 0.15) is 9.77 Å². The first-order valence-electron chi connectivity index (χ1n) is 8.39. The molecule has 0 radical (unpaired) electrons. The van der Waals surface area contributed by atoms with E-state index in [1.807, 2.05) is 0 Å². The molecule has 2 aromatic heterocycles. The molecular weight excluding hydrogens is 456 g/mol. The standard InChI is InChI=1S/C19H12ClF2N3O3S2/c1-25(11-6-7-14(21)15(22)10-11)30(26,27)16-8-9-29-17(16)19-23-18(24-28-19)12-4-2-3-5-13(12)20/h2-10H,1H3. The van der Waals surface area contributed by atoms with E-state index in [1.54, 1.807) is 29.6 Å². The smallest absolute Gasteiger partial charge is 0.269 e. The first kappa shape index (κ1) is 20.5. The molecule has 2 heterocycles. The fraction of sp³-hybridized carbons (Fsp3) is 0.0526. The van der Waals surface area contributed by atoms with Crippen LogP contribution in [0.3, 0.4) is 0 Å². The number of hydrogen-bond acceptors (Lipinski definition) is 6. The van der Waals surface area contributed by atoms with Crippen LogP contribution in [0.5, 0.6) is 0 Å². The van der Waals surface area contributed by atoms with Gasteiger partial charge in [-0.1, -0.05) is 28.9 Å². The number of benzene rings is 2. The highest BCUT2D eigenvalue weighted by Crippen LogP contribution is 2.36. The Morgan fingerprint density at radius 3 is 2.60 bits per heavy atom. The summed E-state index contributed by atoms with van der Waals surface area (Å²) in [5.74, 6) is -2.02. The normalized spacial score (nSPS) is 11.6. The van der Waals surface area contributed by atoms with Gasteiger partial charge in [0, 0.05) is 18.7 Å². The fourth-order valence-electron chi connectivity index (χ4n) is 2.69. The highest BCUT2D eigenvalue weighted by atomic mass is 35.5. The summed E-state index contributed by atoms with van der Waals surface area (Å²) < 4.78 is 59.1. The topological polar surface area (TPSA) is 76.3 Å². The van der Waals surface area contributed by atoms with Crippen molar-refractivity contribution < 1.29 is 21.7 Å². The zero-order valence-corrected chi connectivity index (χ0v) is 17.6. The van der Waals surface area contributed by atoms with Crippen LogP contribution < -0.4 is 4.31 Å². The minimum atomic E-state index is -4.12. The largest absolute Gasteiger partial charge is 0.333 e. The lowest BCUT2D eigenvalue weighted by atomic mass is 10.2. The second kappa shape index (κ2) is 7.78. The van der Waals surface area contributed by atoms with Gasteiger partial charge in [-0.3, -0.25) is 4.31 Å². The molecule has 0 saturated carbocycles. The summed E-state index contributed by atoms with van der Waals surface area (Å²) in [6.45, 7) is 0. The third-order valence-electron chi connectivity index (χ3n) is 4.27. The summed E-state index contributed by atoms with van der Waals surface area (Å²) in [6, 6.07) is 11.1. The molecule has 0 aliphatic carbocycles. The molecule has 30 heavy (non-hydrogen) atoms. The van der Waals surface area contributed by atoms with Crippen LogP contribution in [0.25, 0.3) is 22.2 Å². The minimum absolute atomic E-state index is 0.00261. The van der Waals surface area contributed by atoms with Crippen LogP contribution >= 0.6 is 22.9 Å². The number of anilines is 1. The Morgan fingerprint density at radius 2 is 1.87 bits per heavy atom. The second-order valence-electron chi connectivity index (χ2n) is 6.09. The van der Waals surface area contributed by atoms with Crippen molar-refractivity contribution in [2.45, 2.75) is 4.90 Å². The maximum Gasteiger partial charge on any atom is 0.269 e. The number of rotatable bonds is 5. The molecule has 0 unspecified atom stereocenters. The molecule has 0 amide bonds. The molecule has 0 saturated heterocycles. The van der Waals surface area contributed by atoms with Crippen molar-refractivity contribution in [2.24, 2.45) is 0 Å². The van der Waals surface area contributed by atoms with E-state index in [-0.39, 0.29) is 27.2 Å². The summed E-state index contributed by atoms with van der Waals surface area (Å²) in [5.41, 5.74) is 0.502. The van der Waals surface area contributed by atoms with Gasteiger partial charge in [0.15, 0.2) is 11.6 Å². The van der Waals surface area contributed by atoms with E-state index in [0.29, 0.717) is 10.6 Å². The number of nitrogens with zero attached hydrogens (tertiary/aromatic N) is 3. The first-order valence-corrected chi connectivity index (χ1v) is 11.1. The van der Waals surface area contributed by atoms with E-state index in [9.17, 15) is 17.2 Å². The average molecular weight is 468 g/mol. The van der Waals surface area contributed by atoms with E-state index >= 15 is 0 Å². The van der Waals surface area contributed by atoms with Gasteiger partial charge in [-0.2, -0.15) is 4.98 Å². The van der Waals surface area contributed by atoms with Crippen molar-refractivity contribution in [3.63, 3.8) is 0 Å². The van der Waals surface area contributed by atoms with Gasteiger partial charge in [-0.05, 0) is 35.7 Å². The van der Waals surface area contributed by atoms with Crippen molar-refractivity contribution in [3.8, 4) is 22.2 Å². The Bertz CT molecular complexity index is 1340. The Balaban J connectivity index is 1.73. The fourth-order valence-corrected chi connectivity index (χ4v) is 5.41. The Morgan fingerprint density at radius 1 is 1.10 bits per heavy atom. The molecular formula is C19H12ClF2N3O3S2. The zero-order valence-electron chi connectivity index (χ0n) is 15.2. The third-order valence-corrected chi connectivity index (χ3v) is 7.46. The molecule has 2 aromatic carbocycles. The van der Waals surface area contributed by atoms with Crippen LogP contribution in [-0.4, -0.2) is 25.6 Å². The lowest BCUT2D eigenvalue weighted by Gasteiger charge is -2.19. The summed E-state index contributed by atoms with van der Waals surface area (Å²) in [4.78, 5) is 4.39. The van der Waals surface area contributed by atoms with E-state index < -0.39 is 21.7 Å². The summed E-state index contributed by atoms with van der Waals surface area (Å²) >= 11 is 7.24. The minimum Gasteiger partial charge on any atom is -0.333 e. The SMILES string of the molecule is CN(c1ccc(F)c(F)c1)S(=O)(=O)c1ccsc1-c1nc(-c2ccccc2Cl)no1. The zero-order chi connectivity index (χ0) is 21.5. The molecule has 0 aliphatic rings. The molecule has 0 fully saturated rings. The van der Waals surface area contributed by atoms with E-state index in [1.165, 1.54) is 19.2 Å². The van der Waals surface area contributed by atoms with Gasteiger partial charge in [-0.25, -0.2) is 17.2 Å². The van der Waals surface area contributed by atoms with Crippen molar-refractivity contribution >= 4 is 38.6 Å². The van der Waals surface area contributed by atoms with Gasteiger partial charge in [0.2, 0.25) is 5.82 Å². The Kier molecular flexibility index (Phi) is 5.31. The molecule has 4 rings (SSSR count). The van der Waals surface area contributed by atoms with Crippen LogP contribution in [0, 0.1) is 11.6 Å². The molecule has 0 bridgehead atoms. The third kappa shape index (κ3) is 3.57. The van der Waals surface area contributed by atoms with E-state index in [4.69, 9.17) is 16.1 Å². The molecule has 0 spiro atoms. The highest BCUT2D eigenvalue weighted by Gasteiger charge is 2.29. The lowest BCUT2D eigenvalue weighted by molar-refractivity contribution is 0.432. The Labute approximate surface area is 179 Å². The molecule has 4 aromatic rings. The summed E-state index contributed by atoms with van der Waals surface area (Å²) in [6.07, 6.45) is 0. The van der Waals surface area contributed by atoms with Gasteiger partial charge in [0.25, 0.3) is 15.9 Å². The van der Waals surface area contributed by atoms with Crippen LogP contribution in [0.15, 0.2) is 63.3 Å². The maximum atomic E-state index is 13.6. The van der Waals surface area contributed by atoms with Gasteiger partial charge in [0.05, 0.1) is 10.7 Å². The van der Waals surface area contributed by atoms with Gasteiger partial charge >= 0.3 is 0 Å². The number of hydrogen-bond donors (Lipinski definition) is 0. The number of sulfonamides is 1. The lowest BCUT2D eigenvalue weighted by Crippen LogP contribution is -2.26. The van der Waals surface area contributed by atoms with Crippen LogP contribution in [0.2, 0.25) is 5.02 Å². The van der Waals surface area contributed by atoms with Crippen LogP contribution in [0.4, 0.5) is 14.5 Å². The average Bonchev–Trinajstić information content (AvgIpc) is 3.39. The Hall–Kier alpha value is -2.82. The monoisotopic (exact) mass is 467 g/mol. The first-order chi connectivity index (χ1) is 14.3. The second-order valence-corrected chi connectivity index (χ2v) is 9.35. The van der Waals surface area contributed by atoms with Crippen molar-refractivity contribution in [1.82, 2.24) is 10.1 Å². The molecule has 0 aliphatic heterocycles. The molecule has 11 heteroatoms. The molecule has 6 nitrogen and oxygen atoms in total. The van der Waals surface area contributed by atoms with Crippen molar-refractivity contribution in [1.29, 1.82) is 0 Å². The number of thiophene rings is 1. The van der Waals surface area contributed by atoms with Gasteiger partial charge < -0.3 is 4.52 Å². The molecule has 0 N–H and O–H groups in total. The summed E-state index contributed by atoms with van der Waals surface area (Å²) in [7, 11) is -2.88. The quantitative estimate of drug-likeness (QED) is 0.402. The van der Waals surface area contributed by atoms with Crippen molar-refractivity contribution in [2.75, 3.05) is 11.4 Å². The van der Waals surface area contributed by atoms with E-state index in [2.05, 4.69) is 10.1 Å². The maximum absolute atomic E-state index is 13.6. The molecule has 0 atom stereocenters. The number of halogens is 3. The number of aromatic nitrogens is 2. The summed E-state index contributed by atoms with van der Waals surface area (Å²) in [5, 5.41) is 5.86. The molecule has 154 valence electrons. The predicted octanol–water partition coefficient (Wildman–Crippen LogP) is 5.22.